The Labute approximate surface area is 88.6 Å². The van der Waals surface area contributed by atoms with Gasteiger partial charge in [-0.1, -0.05) is 19.3 Å². The van der Waals surface area contributed by atoms with Crippen LogP contribution in [0.3, 0.4) is 0 Å². The van der Waals surface area contributed by atoms with Crippen LogP contribution in [0.15, 0.2) is 0 Å². The van der Waals surface area contributed by atoms with Crippen LogP contribution in [-0.2, 0) is 0 Å². The fourth-order valence-corrected chi connectivity index (χ4v) is 2.00. The Bertz CT molecular complexity index is 155. The summed E-state index contributed by atoms with van der Waals surface area (Å²) in [6, 6.07) is -0.680. The predicted molar refractivity (Wildman–Crippen MR) is 52.5 cm³/mol. The first-order valence-corrected chi connectivity index (χ1v) is 4.81. The molecule has 1 atom stereocenters. The Morgan fingerprint density at radius 1 is 1.14 bits per heavy atom. The Morgan fingerprint density at radius 3 is 2.07 bits per heavy atom. The van der Waals surface area contributed by atoms with Gasteiger partial charge in [0.15, 0.2) is 0 Å². The van der Waals surface area contributed by atoms with Crippen LogP contribution in [0.2, 0.25) is 0 Å². The molecule has 1 unspecified atom stereocenters. The topological polar surface area (TPSA) is 26.0 Å². The molecule has 1 fully saturated rings. The van der Waals surface area contributed by atoms with Crippen LogP contribution in [0.1, 0.15) is 38.5 Å². The van der Waals surface area contributed by atoms with Crippen molar-refractivity contribution in [2.75, 3.05) is 0 Å². The third kappa shape index (κ3) is 5.05. The van der Waals surface area contributed by atoms with Crippen molar-refractivity contribution in [3.8, 4) is 0 Å². The lowest BCUT2D eigenvalue weighted by Gasteiger charge is -2.27. The van der Waals surface area contributed by atoms with Gasteiger partial charge in [0.1, 0.15) is 0 Å². The average Bonchev–Trinajstić information content (AvgIpc) is 2.03. The van der Waals surface area contributed by atoms with Crippen molar-refractivity contribution in [2.45, 2.75) is 50.7 Å². The predicted octanol–water partition coefficient (Wildman–Crippen LogP) is 3.27. The lowest BCUT2D eigenvalue weighted by Crippen LogP contribution is -2.35. The van der Waals surface area contributed by atoms with Crippen molar-refractivity contribution in [1.82, 2.24) is 0 Å². The minimum absolute atomic E-state index is 0. The van der Waals surface area contributed by atoms with Crippen LogP contribution < -0.4 is 5.73 Å². The number of hydrogen-bond donors (Lipinski definition) is 1. The molecule has 0 aromatic heterocycles. The van der Waals surface area contributed by atoms with Crippen LogP contribution in [0.5, 0.6) is 0 Å². The maximum Gasteiger partial charge on any atom is 0.390 e. The molecule has 0 saturated heterocycles. The van der Waals surface area contributed by atoms with Crippen LogP contribution >= 0.6 is 12.4 Å². The van der Waals surface area contributed by atoms with Gasteiger partial charge in [0.05, 0.1) is 6.42 Å². The number of rotatable bonds is 2. The fourth-order valence-electron chi connectivity index (χ4n) is 2.00. The fraction of sp³-hybridized carbons (Fsp3) is 1.00. The van der Waals surface area contributed by atoms with Crippen molar-refractivity contribution in [1.29, 1.82) is 0 Å². The van der Waals surface area contributed by atoms with E-state index in [0.29, 0.717) is 0 Å². The second-order valence-corrected chi connectivity index (χ2v) is 3.88. The van der Waals surface area contributed by atoms with Gasteiger partial charge in [-0.15, -0.1) is 12.4 Å². The van der Waals surface area contributed by atoms with Gasteiger partial charge in [-0.05, 0) is 18.8 Å². The standard InChI is InChI=1S/C9H16F3N.ClH/c10-9(11,12)6-8(13)7-4-2-1-3-5-7;/h7-8H,1-6,13H2;1H. The van der Waals surface area contributed by atoms with Gasteiger partial charge >= 0.3 is 6.18 Å². The summed E-state index contributed by atoms with van der Waals surface area (Å²) in [5.41, 5.74) is 5.51. The third-order valence-electron chi connectivity index (χ3n) is 2.72. The van der Waals surface area contributed by atoms with Gasteiger partial charge in [0, 0.05) is 6.04 Å². The first-order chi connectivity index (χ1) is 5.99. The third-order valence-corrected chi connectivity index (χ3v) is 2.72. The van der Waals surface area contributed by atoms with Gasteiger partial charge in [0.2, 0.25) is 0 Å². The van der Waals surface area contributed by atoms with Gasteiger partial charge < -0.3 is 5.73 Å². The van der Waals surface area contributed by atoms with E-state index in [1.807, 2.05) is 0 Å². The Hall–Kier alpha value is 0.0400. The molecule has 0 aromatic rings. The van der Waals surface area contributed by atoms with Crippen LogP contribution in [-0.4, -0.2) is 12.2 Å². The highest BCUT2D eigenvalue weighted by Crippen LogP contribution is 2.31. The Morgan fingerprint density at radius 2 is 1.64 bits per heavy atom. The van der Waals surface area contributed by atoms with E-state index in [9.17, 15) is 13.2 Å². The van der Waals surface area contributed by atoms with Crippen molar-refractivity contribution < 1.29 is 13.2 Å². The molecule has 1 aliphatic rings. The SMILES string of the molecule is Cl.NC(CC(F)(F)F)C1CCCCC1. The molecular formula is C9H17ClF3N. The number of halogens is 4. The van der Waals surface area contributed by atoms with Gasteiger partial charge in [-0.2, -0.15) is 13.2 Å². The van der Waals surface area contributed by atoms with Crippen molar-refractivity contribution in [3.05, 3.63) is 0 Å². The summed E-state index contributed by atoms with van der Waals surface area (Å²) in [6.45, 7) is 0. The maximum absolute atomic E-state index is 12.0. The minimum atomic E-state index is -4.10. The van der Waals surface area contributed by atoms with Crippen LogP contribution in [0.4, 0.5) is 13.2 Å². The van der Waals surface area contributed by atoms with E-state index in [4.69, 9.17) is 5.73 Å². The van der Waals surface area contributed by atoms with E-state index in [1.54, 1.807) is 0 Å². The molecule has 5 heteroatoms. The highest BCUT2D eigenvalue weighted by atomic mass is 35.5. The average molecular weight is 232 g/mol. The van der Waals surface area contributed by atoms with Crippen molar-refractivity contribution in [2.24, 2.45) is 11.7 Å². The molecule has 0 spiro atoms. The smallest absolute Gasteiger partial charge is 0.327 e. The Kier molecular flexibility index (Phi) is 5.83. The highest BCUT2D eigenvalue weighted by Gasteiger charge is 2.33. The zero-order chi connectivity index (χ0) is 9.90. The molecule has 86 valence electrons. The molecule has 0 bridgehead atoms. The quantitative estimate of drug-likeness (QED) is 0.776. The molecule has 0 aromatic carbocycles. The molecule has 0 radical (unpaired) electrons. The second-order valence-electron chi connectivity index (χ2n) is 3.88. The molecule has 0 heterocycles. The molecule has 2 N–H and O–H groups in total. The van der Waals surface area contributed by atoms with Crippen LogP contribution in [0.25, 0.3) is 0 Å². The van der Waals surface area contributed by atoms with Gasteiger partial charge in [-0.3, -0.25) is 0 Å². The first kappa shape index (κ1) is 14.0. The molecule has 14 heavy (non-hydrogen) atoms. The maximum atomic E-state index is 12.0. The lowest BCUT2D eigenvalue weighted by molar-refractivity contribution is -0.141. The van der Waals surface area contributed by atoms with E-state index in [0.717, 1.165) is 32.1 Å². The molecule has 1 aliphatic carbocycles. The van der Waals surface area contributed by atoms with Gasteiger partial charge in [-0.25, -0.2) is 0 Å². The van der Waals surface area contributed by atoms with Crippen molar-refractivity contribution >= 4 is 12.4 Å². The van der Waals surface area contributed by atoms with Crippen LogP contribution in [0, 0.1) is 5.92 Å². The summed E-state index contributed by atoms with van der Waals surface area (Å²) in [4.78, 5) is 0. The summed E-state index contributed by atoms with van der Waals surface area (Å²) in [5.74, 6) is 0.0929. The molecule has 0 aliphatic heterocycles. The van der Waals surface area contributed by atoms with Gasteiger partial charge in [0.25, 0.3) is 0 Å². The van der Waals surface area contributed by atoms with E-state index in [2.05, 4.69) is 0 Å². The highest BCUT2D eigenvalue weighted by molar-refractivity contribution is 5.85. The molecular weight excluding hydrogens is 215 g/mol. The van der Waals surface area contributed by atoms with Crippen molar-refractivity contribution in [3.63, 3.8) is 0 Å². The minimum Gasteiger partial charge on any atom is -0.327 e. The zero-order valence-corrected chi connectivity index (χ0v) is 8.83. The largest absolute Gasteiger partial charge is 0.390 e. The van der Waals surface area contributed by atoms with E-state index < -0.39 is 18.6 Å². The summed E-state index contributed by atoms with van der Waals surface area (Å²) >= 11 is 0. The molecule has 1 nitrogen and oxygen atoms in total. The zero-order valence-electron chi connectivity index (χ0n) is 8.02. The summed E-state index contributed by atoms with van der Waals surface area (Å²) in [6.07, 6.45) is 0.0463. The Balaban J connectivity index is 0.00000169. The van der Waals surface area contributed by atoms with E-state index >= 15 is 0 Å². The normalized spacial score (nSPS) is 21.4. The lowest BCUT2D eigenvalue weighted by atomic mass is 9.83. The second kappa shape index (κ2) is 5.81. The number of alkyl halides is 3. The summed E-state index contributed by atoms with van der Waals surface area (Å²) in [5, 5.41) is 0. The molecule has 0 amide bonds. The number of nitrogens with two attached hydrogens (primary N) is 1. The van der Waals surface area contributed by atoms with E-state index in [1.165, 1.54) is 0 Å². The summed E-state index contributed by atoms with van der Waals surface area (Å²) < 4.78 is 35.9. The summed E-state index contributed by atoms with van der Waals surface area (Å²) in [7, 11) is 0. The molecule has 1 rings (SSSR count). The first-order valence-electron chi connectivity index (χ1n) is 4.81. The van der Waals surface area contributed by atoms with E-state index in [-0.39, 0.29) is 18.3 Å². The number of hydrogen-bond acceptors (Lipinski definition) is 1. The monoisotopic (exact) mass is 231 g/mol. The molecule has 1 saturated carbocycles.